The summed E-state index contributed by atoms with van der Waals surface area (Å²) in [5.74, 6) is -0.484. The molecule has 0 heterocycles. The molecule has 2 nitrogen and oxygen atoms in total. The zero-order valence-electron chi connectivity index (χ0n) is 16.3. The molecular weight excluding hydrogens is 340 g/mol. The van der Waals surface area contributed by atoms with Crippen molar-refractivity contribution in [2.45, 2.75) is 58.8 Å². The topological polar surface area (TPSA) is 26.3 Å². The average Bonchev–Trinajstić information content (AvgIpc) is 2.64. The summed E-state index contributed by atoms with van der Waals surface area (Å²) in [6, 6.07) is 0. The Balaban J connectivity index is 3.72. The molecule has 0 aliphatic heterocycles. The van der Waals surface area contributed by atoms with Crippen LogP contribution >= 0.6 is 12.2 Å². The smallest absolute Gasteiger partial charge is 0.313 e. The Labute approximate surface area is 165 Å². The van der Waals surface area contributed by atoms with E-state index < -0.39 is 0 Å². The molecule has 0 amide bonds. The molecule has 0 fully saturated rings. The highest BCUT2D eigenvalue weighted by molar-refractivity contribution is 7.79. The van der Waals surface area contributed by atoms with Gasteiger partial charge in [0, 0.05) is 0 Å². The van der Waals surface area contributed by atoms with E-state index in [4.69, 9.17) is 17.0 Å². The zero-order valence-corrected chi connectivity index (χ0v) is 17.1. The lowest BCUT2D eigenvalue weighted by Gasteiger charge is -2.08. The molecule has 0 saturated carbocycles. The summed E-state index contributed by atoms with van der Waals surface area (Å²) in [7, 11) is 0. The minimum Gasteiger partial charge on any atom is -0.466 e. The summed E-state index contributed by atoms with van der Waals surface area (Å²) in [4.78, 5) is 11.6. The molecule has 0 spiro atoms. The van der Waals surface area contributed by atoms with Gasteiger partial charge >= 0.3 is 5.97 Å². The molecule has 0 rings (SSSR count). The Morgan fingerprint density at radius 1 is 0.808 bits per heavy atom. The van der Waals surface area contributed by atoms with Crippen LogP contribution in [0.2, 0.25) is 0 Å². The molecular formula is C23H34O2S. The maximum atomic E-state index is 11.6. The van der Waals surface area contributed by atoms with Crippen molar-refractivity contribution in [3.8, 4) is 0 Å². The summed E-state index contributed by atoms with van der Waals surface area (Å²) in [6.45, 7) is 4.36. The van der Waals surface area contributed by atoms with Crippen molar-refractivity contribution >= 4 is 23.6 Å². The number of ether oxygens (including phenoxy) is 1. The third kappa shape index (κ3) is 15.8. The average molecular weight is 375 g/mol. The first-order chi connectivity index (χ1) is 12.8. The second kappa shape index (κ2) is 19.6. The Kier molecular flexibility index (Phi) is 18.3. The second-order valence-corrected chi connectivity index (χ2v) is 6.05. The number of rotatable bonds is 15. The fourth-order valence-electron chi connectivity index (χ4n) is 2.14. The van der Waals surface area contributed by atoms with Gasteiger partial charge in [-0.15, -0.1) is 0 Å². The molecule has 0 aliphatic rings. The maximum Gasteiger partial charge on any atom is 0.313 e. The first kappa shape index (κ1) is 24.3. The molecule has 144 valence electrons. The lowest BCUT2D eigenvalue weighted by molar-refractivity contribution is -0.145. The molecule has 0 aromatic rings. The molecule has 0 aromatic heterocycles. The first-order valence-electron chi connectivity index (χ1n) is 9.63. The fraction of sp³-hybridized carbons (Fsp3) is 0.478. The number of hydrogen-bond donors (Lipinski definition) is 0. The minimum atomic E-state index is -0.271. The molecule has 1 atom stereocenters. The van der Waals surface area contributed by atoms with Gasteiger partial charge in [-0.3, -0.25) is 4.79 Å². The Morgan fingerprint density at radius 2 is 1.27 bits per heavy atom. The molecule has 0 bridgehead atoms. The van der Waals surface area contributed by atoms with Crippen LogP contribution in [0.5, 0.6) is 0 Å². The second-order valence-electron chi connectivity index (χ2n) is 5.78. The third-order valence-corrected chi connectivity index (χ3v) is 3.88. The van der Waals surface area contributed by atoms with Crippen molar-refractivity contribution in [3.05, 3.63) is 60.8 Å². The van der Waals surface area contributed by atoms with Gasteiger partial charge in [-0.25, -0.2) is 0 Å². The van der Waals surface area contributed by atoms with E-state index in [1.807, 2.05) is 6.92 Å². The van der Waals surface area contributed by atoms with Gasteiger partial charge in [0.1, 0.15) is 0 Å². The van der Waals surface area contributed by atoms with Crippen molar-refractivity contribution < 1.29 is 9.53 Å². The van der Waals surface area contributed by atoms with Crippen LogP contribution in [0.25, 0.3) is 0 Å². The summed E-state index contributed by atoms with van der Waals surface area (Å²) >= 11 is 4.90. The van der Waals surface area contributed by atoms with E-state index in [0.717, 1.165) is 38.5 Å². The highest BCUT2D eigenvalue weighted by Crippen LogP contribution is 2.08. The van der Waals surface area contributed by atoms with Gasteiger partial charge in [0.15, 0.2) is 0 Å². The molecule has 0 radical (unpaired) electrons. The third-order valence-electron chi connectivity index (χ3n) is 3.56. The van der Waals surface area contributed by atoms with Crippen molar-refractivity contribution in [1.29, 1.82) is 0 Å². The monoisotopic (exact) mass is 374 g/mol. The normalized spacial score (nSPS) is 13.6. The van der Waals surface area contributed by atoms with E-state index in [1.54, 1.807) is 0 Å². The summed E-state index contributed by atoms with van der Waals surface area (Å²) < 4.78 is 4.99. The summed E-state index contributed by atoms with van der Waals surface area (Å²) in [5.41, 5.74) is 0. The largest absolute Gasteiger partial charge is 0.466 e. The van der Waals surface area contributed by atoms with Crippen LogP contribution in [0, 0.1) is 5.92 Å². The van der Waals surface area contributed by atoms with Gasteiger partial charge in [0.05, 0.1) is 12.5 Å². The van der Waals surface area contributed by atoms with E-state index in [-0.39, 0.29) is 11.9 Å². The summed E-state index contributed by atoms with van der Waals surface area (Å²) in [5, 5.41) is 1.51. The number of esters is 1. The summed E-state index contributed by atoms with van der Waals surface area (Å²) in [6.07, 6.45) is 28.3. The van der Waals surface area contributed by atoms with Crippen molar-refractivity contribution in [2.75, 3.05) is 6.61 Å². The van der Waals surface area contributed by atoms with Crippen LogP contribution in [0.15, 0.2) is 60.8 Å². The van der Waals surface area contributed by atoms with E-state index in [9.17, 15) is 4.79 Å². The molecule has 3 heteroatoms. The van der Waals surface area contributed by atoms with E-state index in [1.165, 1.54) is 5.37 Å². The predicted octanol–water partition coefficient (Wildman–Crippen LogP) is 6.70. The van der Waals surface area contributed by atoms with E-state index in [2.05, 4.69) is 67.7 Å². The van der Waals surface area contributed by atoms with Crippen LogP contribution in [0.3, 0.4) is 0 Å². The highest BCUT2D eigenvalue weighted by atomic mass is 32.1. The van der Waals surface area contributed by atoms with E-state index in [0.29, 0.717) is 13.0 Å². The highest BCUT2D eigenvalue weighted by Gasteiger charge is 2.15. The molecule has 0 aliphatic carbocycles. The van der Waals surface area contributed by atoms with Crippen molar-refractivity contribution in [1.82, 2.24) is 0 Å². The molecule has 0 aromatic carbocycles. The van der Waals surface area contributed by atoms with Gasteiger partial charge < -0.3 is 4.74 Å². The van der Waals surface area contributed by atoms with Gasteiger partial charge in [-0.05, 0) is 57.2 Å². The van der Waals surface area contributed by atoms with Gasteiger partial charge in [-0.2, -0.15) is 0 Å². The van der Waals surface area contributed by atoms with Crippen LogP contribution in [-0.4, -0.2) is 17.9 Å². The lowest BCUT2D eigenvalue weighted by Crippen LogP contribution is -2.18. The zero-order chi connectivity index (χ0) is 19.3. The lowest BCUT2D eigenvalue weighted by atomic mass is 10.1. The number of carbonyl (C=O) groups is 1. The number of thiocarbonyl (C=S) groups is 1. The Bertz CT molecular complexity index is 498. The Morgan fingerprint density at radius 3 is 1.69 bits per heavy atom. The first-order valence-corrected chi connectivity index (χ1v) is 10.1. The number of allylic oxidation sites excluding steroid dienone is 10. The van der Waals surface area contributed by atoms with Gasteiger partial charge in [0.2, 0.25) is 0 Å². The molecule has 0 N–H and O–H groups in total. The van der Waals surface area contributed by atoms with Crippen LogP contribution in [-0.2, 0) is 9.53 Å². The van der Waals surface area contributed by atoms with E-state index >= 15 is 0 Å². The van der Waals surface area contributed by atoms with Crippen LogP contribution in [0.1, 0.15) is 58.8 Å². The van der Waals surface area contributed by atoms with Gasteiger partial charge in [-0.1, -0.05) is 79.9 Å². The SMILES string of the molecule is CCC=CCC=CCC=CCC=CCC=CCCC(C=S)C(=O)OCC. The standard InChI is InChI=1S/C23H34O2S/c1-3-5-6-7-8-9-10-11-12-13-14-15-16-17-18-19-20-22(21-26)23(24)25-4-2/h5-6,8-9,11-12,14-15,17-18,21-22H,3-4,7,10,13,16,19-20H2,1-2H3. The number of hydrogen-bond acceptors (Lipinski definition) is 3. The minimum absolute atomic E-state index is 0.213. The quantitative estimate of drug-likeness (QED) is 0.181. The predicted molar refractivity (Wildman–Crippen MR) is 117 cm³/mol. The Hall–Kier alpha value is -1.74. The van der Waals surface area contributed by atoms with Crippen LogP contribution in [0.4, 0.5) is 0 Å². The molecule has 0 saturated heterocycles. The fourth-order valence-corrected chi connectivity index (χ4v) is 2.38. The van der Waals surface area contributed by atoms with Crippen molar-refractivity contribution in [2.24, 2.45) is 5.92 Å². The number of carbonyl (C=O) groups excluding carboxylic acids is 1. The van der Waals surface area contributed by atoms with Gasteiger partial charge in [0.25, 0.3) is 0 Å². The van der Waals surface area contributed by atoms with Crippen molar-refractivity contribution in [3.63, 3.8) is 0 Å². The molecule has 26 heavy (non-hydrogen) atoms. The maximum absolute atomic E-state index is 11.6. The molecule has 1 unspecified atom stereocenters. The van der Waals surface area contributed by atoms with Crippen LogP contribution < -0.4 is 0 Å².